The van der Waals surface area contributed by atoms with E-state index in [0.717, 1.165) is 22.5 Å². The van der Waals surface area contributed by atoms with Crippen molar-refractivity contribution in [2.24, 2.45) is 0 Å². The van der Waals surface area contributed by atoms with E-state index < -0.39 is 5.97 Å². The molecule has 0 unspecified atom stereocenters. The summed E-state index contributed by atoms with van der Waals surface area (Å²) in [5, 5.41) is 16.2. The van der Waals surface area contributed by atoms with Gasteiger partial charge in [-0.1, -0.05) is 59.8 Å². The van der Waals surface area contributed by atoms with Crippen molar-refractivity contribution >= 4 is 45.9 Å². The number of benzene rings is 3. The van der Waals surface area contributed by atoms with Crippen LogP contribution in [0.5, 0.6) is 0 Å². The Hall–Kier alpha value is -3.16. The van der Waals surface area contributed by atoms with E-state index in [4.69, 9.17) is 16.7 Å². The molecule has 0 saturated carbocycles. The quantitative estimate of drug-likeness (QED) is 0.363. The summed E-state index contributed by atoms with van der Waals surface area (Å²) in [4.78, 5) is 28.3. The molecule has 0 aliphatic heterocycles. The van der Waals surface area contributed by atoms with Gasteiger partial charge < -0.3 is 5.11 Å². The van der Waals surface area contributed by atoms with Crippen LogP contribution in [0.4, 0.5) is 0 Å². The van der Waals surface area contributed by atoms with E-state index in [1.54, 1.807) is 36.4 Å². The molecule has 1 aromatic heterocycles. The lowest BCUT2D eigenvalue weighted by molar-refractivity contribution is -0.133. The summed E-state index contributed by atoms with van der Waals surface area (Å²) < 4.78 is 1.46. The molecule has 1 N–H and O–H groups in total. The fourth-order valence-electron chi connectivity index (χ4n) is 2.82. The minimum atomic E-state index is -0.983. The smallest absolute Gasteiger partial charge is 0.313 e. The van der Waals surface area contributed by atoms with Gasteiger partial charge in [0.05, 0.1) is 11.4 Å². The lowest BCUT2D eigenvalue weighted by atomic mass is 10.0. The van der Waals surface area contributed by atoms with Crippen LogP contribution in [0, 0.1) is 0 Å². The van der Waals surface area contributed by atoms with Crippen LogP contribution >= 0.6 is 23.4 Å². The minimum absolute atomic E-state index is 0.00289. The van der Waals surface area contributed by atoms with E-state index in [-0.39, 0.29) is 17.4 Å². The molecule has 0 amide bonds. The summed E-state index contributed by atoms with van der Waals surface area (Å²) in [5.74, 6) is -1.51. The van der Waals surface area contributed by atoms with Gasteiger partial charge in [0.2, 0.25) is 11.6 Å². The number of rotatable bonds is 6. The molecular weight excluding hydrogens is 410 g/mol. The van der Waals surface area contributed by atoms with Gasteiger partial charge in [-0.3, -0.25) is 9.59 Å². The number of hydrogen-bond acceptors (Lipinski definition) is 5. The first-order valence-electron chi connectivity index (χ1n) is 8.62. The van der Waals surface area contributed by atoms with Crippen LogP contribution in [0.15, 0.2) is 71.9 Å². The Morgan fingerprint density at radius 1 is 1.00 bits per heavy atom. The van der Waals surface area contributed by atoms with Crippen LogP contribution in [0.2, 0.25) is 5.02 Å². The largest absolute Gasteiger partial charge is 0.481 e. The maximum atomic E-state index is 13.0. The van der Waals surface area contributed by atoms with Crippen molar-refractivity contribution in [2.45, 2.75) is 5.16 Å². The Morgan fingerprint density at radius 2 is 1.72 bits per heavy atom. The highest BCUT2D eigenvalue weighted by atomic mass is 35.5. The molecule has 1 heterocycles. The third kappa shape index (κ3) is 4.16. The van der Waals surface area contributed by atoms with E-state index in [0.29, 0.717) is 21.4 Å². The highest BCUT2D eigenvalue weighted by molar-refractivity contribution is 7.99. The molecule has 144 valence electrons. The molecule has 0 aliphatic rings. The molecule has 0 bridgehead atoms. The zero-order valence-electron chi connectivity index (χ0n) is 14.9. The number of halogens is 1. The molecule has 0 saturated heterocycles. The molecular formula is C21H14ClN3O3S. The van der Waals surface area contributed by atoms with E-state index in [9.17, 15) is 9.59 Å². The maximum Gasteiger partial charge on any atom is 0.313 e. The number of aliphatic carboxylic acids is 1. The number of ketones is 1. The molecule has 0 atom stereocenters. The summed E-state index contributed by atoms with van der Waals surface area (Å²) in [6.07, 6.45) is 0. The summed E-state index contributed by atoms with van der Waals surface area (Å²) in [6.45, 7) is 0. The first kappa shape index (κ1) is 19.2. The normalized spacial score (nSPS) is 10.9. The average molecular weight is 424 g/mol. The van der Waals surface area contributed by atoms with E-state index in [1.807, 2.05) is 30.3 Å². The Labute approximate surface area is 175 Å². The third-order valence-electron chi connectivity index (χ3n) is 4.19. The molecule has 0 aliphatic carbocycles. The van der Waals surface area contributed by atoms with Crippen LogP contribution in [0.3, 0.4) is 0 Å². The minimum Gasteiger partial charge on any atom is -0.481 e. The number of carboxylic acid groups (broad SMARTS) is 1. The summed E-state index contributed by atoms with van der Waals surface area (Å²) in [6, 6.07) is 20.0. The molecule has 0 radical (unpaired) electrons. The number of carbonyl (C=O) groups excluding carboxylic acids is 1. The Bertz CT molecular complexity index is 1220. The fourth-order valence-corrected chi connectivity index (χ4v) is 3.62. The van der Waals surface area contributed by atoms with Gasteiger partial charge in [-0.2, -0.15) is 4.98 Å². The van der Waals surface area contributed by atoms with E-state index in [1.165, 1.54) is 4.68 Å². The first-order valence-corrected chi connectivity index (χ1v) is 9.99. The van der Waals surface area contributed by atoms with Crippen LogP contribution in [0.1, 0.15) is 16.2 Å². The Balaban J connectivity index is 1.73. The summed E-state index contributed by atoms with van der Waals surface area (Å²) in [5.41, 5.74) is 1.10. The molecule has 29 heavy (non-hydrogen) atoms. The van der Waals surface area contributed by atoms with Gasteiger partial charge in [0, 0.05) is 10.6 Å². The van der Waals surface area contributed by atoms with Gasteiger partial charge in [0.1, 0.15) is 0 Å². The van der Waals surface area contributed by atoms with Gasteiger partial charge >= 0.3 is 5.97 Å². The second-order valence-corrected chi connectivity index (χ2v) is 7.56. The Morgan fingerprint density at radius 3 is 2.45 bits per heavy atom. The topological polar surface area (TPSA) is 85.1 Å². The predicted molar refractivity (Wildman–Crippen MR) is 112 cm³/mol. The Kier molecular flexibility index (Phi) is 5.33. The van der Waals surface area contributed by atoms with Gasteiger partial charge in [0.15, 0.2) is 5.16 Å². The van der Waals surface area contributed by atoms with Crippen molar-refractivity contribution in [3.63, 3.8) is 0 Å². The van der Waals surface area contributed by atoms with Crippen molar-refractivity contribution in [1.29, 1.82) is 0 Å². The molecule has 0 spiro atoms. The van der Waals surface area contributed by atoms with Gasteiger partial charge in [0.25, 0.3) is 0 Å². The third-order valence-corrected chi connectivity index (χ3v) is 5.35. The number of aromatic nitrogens is 3. The number of carbonyl (C=O) groups is 2. The van der Waals surface area contributed by atoms with Crippen LogP contribution < -0.4 is 0 Å². The molecule has 8 heteroatoms. The zero-order valence-corrected chi connectivity index (χ0v) is 16.5. The van der Waals surface area contributed by atoms with Crippen molar-refractivity contribution in [1.82, 2.24) is 14.8 Å². The molecule has 4 aromatic rings. The fraction of sp³-hybridized carbons (Fsp3) is 0.0476. The van der Waals surface area contributed by atoms with Crippen LogP contribution in [-0.2, 0) is 4.79 Å². The van der Waals surface area contributed by atoms with E-state index in [2.05, 4.69) is 10.1 Å². The second-order valence-electron chi connectivity index (χ2n) is 6.18. The summed E-state index contributed by atoms with van der Waals surface area (Å²) >= 11 is 6.94. The molecule has 3 aromatic carbocycles. The summed E-state index contributed by atoms with van der Waals surface area (Å²) in [7, 11) is 0. The average Bonchev–Trinajstić information content (AvgIpc) is 3.16. The SMILES string of the molecule is O=C(O)CSc1nc(C(=O)c2ccc3ccccc3c2)nn1-c1ccc(Cl)cc1. The zero-order chi connectivity index (χ0) is 20.4. The van der Waals surface area contributed by atoms with Crippen LogP contribution in [-0.4, -0.2) is 37.4 Å². The maximum absolute atomic E-state index is 13.0. The van der Waals surface area contributed by atoms with Gasteiger partial charge in [-0.05, 0) is 41.1 Å². The van der Waals surface area contributed by atoms with Crippen molar-refractivity contribution < 1.29 is 14.7 Å². The molecule has 0 fully saturated rings. The second kappa shape index (κ2) is 8.06. The van der Waals surface area contributed by atoms with E-state index >= 15 is 0 Å². The number of hydrogen-bond donors (Lipinski definition) is 1. The van der Waals surface area contributed by atoms with Gasteiger partial charge in [-0.25, -0.2) is 4.68 Å². The molecule has 4 rings (SSSR count). The van der Waals surface area contributed by atoms with Gasteiger partial charge in [-0.15, -0.1) is 5.10 Å². The first-order chi connectivity index (χ1) is 14.0. The monoisotopic (exact) mass is 423 g/mol. The standard InChI is InChI=1S/C21H14ClN3O3S/c22-16-7-9-17(10-8-16)25-21(29-12-18(26)27)23-20(24-25)19(28)15-6-5-13-3-1-2-4-14(13)11-15/h1-11H,12H2,(H,26,27). The van der Waals surface area contributed by atoms with Crippen molar-refractivity contribution in [3.8, 4) is 5.69 Å². The number of nitrogens with zero attached hydrogens (tertiary/aromatic N) is 3. The number of fused-ring (bicyclic) bond motifs is 1. The van der Waals surface area contributed by atoms with Crippen molar-refractivity contribution in [3.05, 3.63) is 83.1 Å². The number of thioether (sulfide) groups is 1. The number of carboxylic acids is 1. The van der Waals surface area contributed by atoms with Crippen molar-refractivity contribution in [2.75, 3.05) is 5.75 Å². The van der Waals surface area contributed by atoms with Crippen LogP contribution in [0.25, 0.3) is 16.5 Å². The lowest BCUT2D eigenvalue weighted by Gasteiger charge is -2.04. The molecule has 6 nitrogen and oxygen atoms in total. The predicted octanol–water partition coefficient (Wildman–Crippen LogP) is 4.48. The lowest BCUT2D eigenvalue weighted by Crippen LogP contribution is -2.05. The highest BCUT2D eigenvalue weighted by Gasteiger charge is 2.20. The highest BCUT2D eigenvalue weighted by Crippen LogP contribution is 2.23.